The predicted molar refractivity (Wildman–Crippen MR) is 78.3 cm³/mol. The van der Waals surface area contributed by atoms with Gasteiger partial charge in [-0.3, -0.25) is 4.79 Å². The fourth-order valence-electron chi connectivity index (χ4n) is 1.45. The van der Waals surface area contributed by atoms with Gasteiger partial charge >= 0.3 is 0 Å². The maximum atomic E-state index is 11.6. The van der Waals surface area contributed by atoms with Crippen molar-refractivity contribution in [2.75, 3.05) is 18.9 Å². The van der Waals surface area contributed by atoms with E-state index in [1.165, 1.54) is 11.8 Å². The fourth-order valence-corrected chi connectivity index (χ4v) is 2.21. The zero-order chi connectivity index (χ0) is 15.0. The molecule has 0 atom stereocenters. The first-order valence-corrected chi connectivity index (χ1v) is 7.62. The number of thioether (sulfide) groups is 1. The smallest absolute Gasteiger partial charge is 0.230 e. The van der Waals surface area contributed by atoms with E-state index in [1.54, 1.807) is 4.57 Å². The van der Waals surface area contributed by atoms with E-state index in [0.717, 1.165) is 6.42 Å². The van der Waals surface area contributed by atoms with Gasteiger partial charge in [-0.1, -0.05) is 11.8 Å². The third-order valence-corrected chi connectivity index (χ3v) is 3.55. The van der Waals surface area contributed by atoms with Gasteiger partial charge < -0.3 is 20.4 Å². The van der Waals surface area contributed by atoms with E-state index >= 15 is 0 Å². The lowest BCUT2D eigenvalue weighted by molar-refractivity contribution is -0.118. The molecule has 7 nitrogen and oxygen atoms in total. The highest BCUT2D eigenvalue weighted by Gasteiger charge is 2.10. The number of aromatic nitrogens is 3. The van der Waals surface area contributed by atoms with Crippen LogP contribution in [-0.2, 0) is 23.1 Å². The van der Waals surface area contributed by atoms with E-state index in [1.807, 2.05) is 20.9 Å². The standard InChI is InChI=1S/C12H23N5O2S/c1-9(2)19-6-4-5-14-11(18)8-20-12-16-15-10(7-13)17(12)3/h9H,4-8,13H2,1-3H3,(H,14,18). The summed E-state index contributed by atoms with van der Waals surface area (Å²) in [4.78, 5) is 11.6. The van der Waals surface area contributed by atoms with Crippen LogP contribution in [0.1, 0.15) is 26.1 Å². The molecule has 0 bridgehead atoms. The summed E-state index contributed by atoms with van der Waals surface area (Å²) >= 11 is 1.35. The van der Waals surface area contributed by atoms with E-state index in [9.17, 15) is 4.79 Å². The Kier molecular flexibility index (Phi) is 7.56. The Labute approximate surface area is 123 Å². The molecule has 0 radical (unpaired) electrons. The zero-order valence-corrected chi connectivity index (χ0v) is 13.1. The summed E-state index contributed by atoms with van der Waals surface area (Å²) in [5, 5.41) is 11.5. The van der Waals surface area contributed by atoms with Crippen LogP contribution >= 0.6 is 11.8 Å². The molecule has 0 fully saturated rings. The maximum absolute atomic E-state index is 11.6. The Balaban J connectivity index is 2.18. The fraction of sp³-hybridized carbons (Fsp3) is 0.750. The molecular weight excluding hydrogens is 278 g/mol. The summed E-state index contributed by atoms with van der Waals surface area (Å²) in [5.74, 6) is 1.01. The Morgan fingerprint density at radius 2 is 2.25 bits per heavy atom. The van der Waals surface area contributed by atoms with Crippen molar-refractivity contribution in [1.29, 1.82) is 0 Å². The Morgan fingerprint density at radius 1 is 1.50 bits per heavy atom. The third-order valence-electron chi connectivity index (χ3n) is 2.53. The molecule has 3 N–H and O–H groups in total. The van der Waals surface area contributed by atoms with Gasteiger partial charge in [0.2, 0.25) is 5.91 Å². The topological polar surface area (TPSA) is 95.1 Å². The molecule has 1 heterocycles. The van der Waals surface area contributed by atoms with Gasteiger partial charge in [0, 0.05) is 20.2 Å². The molecule has 0 spiro atoms. The molecule has 0 aliphatic heterocycles. The number of nitrogens with one attached hydrogen (secondary N) is 1. The monoisotopic (exact) mass is 301 g/mol. The molecule has 0 aliphatic carbocycles. The zero-order valence-electron chi connectivity index (χ0n) is 12.3. The number of carbonyl (C=O) groups is 1. The molecule has 114 valence electrons. The first-order chi connectivity index (χ1) is 9.54. The average molecular weight is 301 g/mol. The average Bonchev–Trinajstić information content (AvgIpc) is 2.76. The molecule has 1 amide bonds. The molecular formula is C12H23N5O2S. The summed E-state index contributed by atoms with van der Waals surface area (Å²) in [6, 6.07) is 0. The normalized spacial score (nSPS) is 11.1. The number of nitrogens with zero attached hydrogens (tertiary/aromatic N) is 3. The summed E-state index contributed by atoms with van der Waals surface area (Å²) in [7, 11) is 1.84. The minimum atomic E-state index is -0.0168. The number of rotatable bonds is 9. The second kappa shape index (κ2) is 8.93. The highest BCUT2D eigenvalue weighted by molar-refractivity contribution is 7.99. The van der Waals surface area contributed by atoms with Crippen LogP contribution in [0.2, 0.25) is 0 Å². The summed E-state index contributed by atoms with van der Waals surface area (Å²) in [6.45, 7) is 5.61. The molecule has 0 unspecified atom stereocenters. The van der Waals surface area contributed by atoms with Crippen molar-refractivity contribution in [3.8, 4) is 0 Å². The van der Waals surface area contributed by atoms with Crippen molar-refractivity contribution < 1.29 is 9.53 Å². The number of hydrogen-bond donors (Lipinski definition) is 2. The van der Waals surface area contributed by atoms with Gasteiger partial charge in [-0.25, -0.2) is 0 Å². The van der Waals surface area contributed by atoms with E-state index < -0.39 is 0 Å². The molecule has 1 rings (SSSR count). The first kappa shape index (κ1) is 16.9. The van der Waals surface area contributed by atoms with Crippen LogP contribution in [0.15, 0.2) is 5.16 Å². The molecule has 0 aliphatic rings. The number of ether oxygens (including phenoxy) is 1. The predicted octanol–water partition coefficient (Wildman–Crippen LogP) is 0.297. The van der Waals surface area contributed by atoms with Crippen LogP contribution in [0.3, 0.4) is 0 Å². The third kappa shape index (κ3) is 5.89. The van der Waals surface area contributed by atoms with Crippen LogP contribution in [-0.4, -0.2) is 45.7 Å². The van der Waals surface area contributed by atoms with Gasteiger partial charge in [0.1, 0.15) is 5.82 Å². The number of carbonyl (C=O) groups excluding carboxylic acids is 1. The second-order valence-corrected chi connectivity index (χ2v) is 5.52. The van der Waals surface area contributed by atoms with Crippen molar-refractivity contribution in [1.82, 2.24) is 20.1 Å². The van der Waals surface area contributed by atoms with Crippen molar-refractivity contribution in [3.63, 3.8) is 0 Å². The Bertz CT molecular complexity index is 422. The van der Waals surface area contributed by atoms with Crippen LogP contribution in [0.5, 0.6) is 0 Å². The van der Waals surface area contributed by atoms with Crippen molar-refractivity contribution in [3.05, 3.63) is 5.82 Å². The molecule has 1 aromatic heterocycles. The number of nitrogens with two attached hydrogens (primary N) is 1. The molecule has 8 heteroatoms. The van der Waals surface area contributed by atoms with Gasteiger partial charge in [0.25, 0.3) is 0 Å². The summed E-state index contributed by atoms with van der Waals surface area (Å²) in [5.41, 5.74) is 5.51. The second-order valence-electron chi connectivity index (χ2n) is 4.57. The first-order valence-electron chi connectivity index (χ1n) is 6.64. The maximum Gasteiger partial charge on any atom is 0.230 e. The Hall–Kier alpha value is -1.12. The number of hydrogen-bond acceptors (Lipinski definition) is 6. The molecule has 0 saturated carbocycles. The van der Waals surface area contributed by atoms with E-state index in [4.69, 9.17) is 10.5 Å². The largest absolute Gasteiger partial charge is 0.379 e. The lowest BCUT2D eigenvalue weighted by atomic mass is 10.4. The van der Waals surface area contributed by atoms with E-state index in [-0.39, 0.29) is 12.0 Å². The van der Waals surface area contributed by atoms with Crippen LogP contribution in [0, 0.1) is 0 Å². The molecule has 1 aromatic rings. The molecule has 0 aromatic carbocycles. The van der Waals surface area contributed by atoms with Crippen LogP contribution in [0.4, 0.5) is 0 Å². The van der Waals surface area contributed by atoms with Crippen molar-refractivity contribution in [2.45, 2.75) is 38.1 Å². The lowest BCUT2D eigenvalue weighted by Gasteiger charge is -2.08. The van der Waals surface area contributed by atoms with E-state index in [2.05, 4.69) is 15.5 Å². The highest BCUT2D eigenvalue weighted by Crippen LogP contribution is 2.14. The van der Waals surface area contributed by atoms with Crippen molar-refractivity contribution >= 4 is 17.7 Å². The van der Waals surface area contributed by atoms with Gasteiger partial charge in [0.15, 0.2) is 5.16 Å². The van der Waals surface area contributed by atoms with Gasteiger partial charge in [0.05, 0.1) is 18.4 Å². The lowest BCUT2D eigenvalue weighted by Crippen LogP contribution is -2.27. The van der Waals surface area contributed by atoms with Gasteiger partial charge in [-0.05, 0) is 20.3 Å². The molecule has 20 heavy (non-hydrogen) atoms. The van der Waals surface area contributed by atoms with Crippen LogP contribution in [0.25, 0.3) is 0 Å². The summed E-state index contributed by atoms with van der Waals surface area (Å²) < 4.78 is 7.19. The Morgan fingerprint density at radius 3 is 2.85 bits per heavy atom. The minimum absolute atomic E-state index is 0.0168. The van der Waals surface area contributed by atoms with Crippen molar-refractivity contribution in [2.24, 2.45) is 12.8 Å². The van der Waals surface area contributed by atoms with E-state index in [0.29, 0.717) is 36.4 Å². The minimum Gasteiger partial charge on any atom is -0.379 e. The number of amides is 1. The quantitative estimate of drug-likeness (QED) is 0.503. The molecule has 0 saturated heterocycles. The van der Waals surface area contributed by atoms with Gasteiger partial charge in [-0.15, -0.1) is 10.2 Å². The van der Waals surface area contributed by atoms with Gasteiger partial charge in [-0.2, -0.15) is 0 Å². The highest BCUT2D eigenvalue weighted by atomic mass is 32.2. The van der Waals surface area contributed by atoms with Crippen LogP contribution < -0.4 is 11.1 Å². The SMILES string of the molecule is CC(C)OCCCNC(=O)CSc1nnc(CN)n1C. The summed E-state index contributed by atoms with van der Waals surface area (Å²) in [6.07, 6.45) is 1.05.